The van der Waals surface area contributed by atoms with Crippen molar-refractivity contribution in [2.75, 3.05) is 12.8 Å². The third-order valence-electron chi connectivity index (χ3n) is 3.16. The molecule has 4 heteroatoms. The number of amides is 1. The predicted molar refractivity (Wildman–Crippen MR) is 77.8 cm³/mol. The number of nitrogen functional groups attached to an aromatic ring is 1. The molecule has 1 amide bonds. The van der Waals surface area contributed by atoms with Crippen LogP contribution in [-0.2, 0) is 6.54 Å². The van der Waals surface area contributed by atoms with Crippen LogP contribution in [0.5, 0.6) is 0 Å². The number of hydrogen-bond donors (Lipinski definition) is 1. The molecule has 0 aliphatic rings. The number of rotatable bonds is 3. The van der Waals surface area contributed by atoms with Crippen molar-refractivity contribution in [3.8, 4) is 0 Å². The minimum Gasteiger partial charge on any atom is -0.398 e. The highest BCUT2D eigenvalue weighted by Crippen LogP contribution is 2.16. The molecule has 0 saturated heterocycles. The van der Waals surface area contributed by atoms with E-state index >= 15 is 0 Å². The van der Waals surface area contributed by atoms with E-state index in [4.69, 9.17) is 5.73 Å². The third kappa shape index (κ3) is 2.96. The van der Waals surface area contributed by atoms with Gasteiger partial charge in [-0.1, -0.05) is 29.8 Å². The molecule has 104 valence electrons. The molecule has 3 nitrogen and oxygen atoms in total. The quantitative estimate of drug-likeness (QED) is 0.873. The topological polar surface area (TPSA) is 46.3 Å². The molecule has 2 aromatic rings. The van der Waals surface area contributed by atoms with Crippen LogP contribution in [0.4, 0.5) is 10.1 Å². The number of para-hydroxylation sites is 1. The van der Waals surface area contributed by atoms with Gasteiger partial charge in [-0.15, -0.1) is 0 Å². The molecule has 0 spiro atoms. The molecule has 0 fully saturated rings. The zero-order valence-electron chi connectivity index (χ0n) is 11.6. The molecule has 2 aromatic carbocycles. The summed E-state index contributed by atoms with van der Waals surface area (Å²) in [7, 11) is 1.64. The van der Waals surface area contributed by atoms with Crippen molar-refractivity contribution < 1.29 is 9.18 Å². The van der Waals surface area contributed by atoms with Crippen molar-refractivity contribution in [2.24, 2.45) is 0 Å². The summed E-state index contributed by atoms with van der Waals surface area (Å²) in [5.41, 5.74) is 8.25. The van der Waals surface area contributed by atoms with Gasteiger partial charge < -0.3 is 10.6 Å². The maximum absolute atomic E-state index is 13.7. The normalized spacial score (nSPS) is 10.3. The fourth-order valence-corrected chi connectivity index (χ4v) is 2.01. The number of anilines is 1. The second-order valence-corrected chi connectivity index (χ2v) is 4.84. The lowest BCUT2D eigenvalue weighted by molar-refractivity contribution is 0.0780. The Morgan fingerprint density at radius 1 is 1.25 bits per heavy atom. The van der Waals surface area contributed by atoms with E-state index in [0.29, 0.717) is 12.2 Å². The second kappa shape index (κ2) is 5.74. The Morgan fingerprint density at radius 2 is 1.95 bits per heavy atom. The van der Waals surface area contributed by atoms with Gasteiger partial charge in [-0.05, 0) is 30.7 Å². The Morgan fingerprint density at radius 3 is 2.65 bits per heavy atom. The van der Waals surface area contributed by atoms with Crippen LogP contribution < -0.4 is 5.73 Å². The molecule has 0 atom stereocenters. The van der Waals surface area contributed by atoms with Crippen LogP contribution in [0.3, 0.4) is 0 Å². The van der Waals surface area contributed by atoms with E-state index in [2.05, 4.69) is 0 Å². The van der Waals surface area contributed by atoms with Crippen molar-refractivity contribution in [2.45, 2.75) is 13.5 Å². The van der Waals surface area contributed by atoms with E-state index in [0.717, 1.165) is 11.1 Å². The Kier molecular flexibility index (Phi) is 4.03. The Bertz CT molecular complexity index is 640. The lowest BCUT2D eigenvalue weighted by Crippen LogP contribution is -2.27. The highest BCUT2D eigenvalue weighted by atomic mass is 19.1. The first kappa shape index (κ1) is 14.1. The lowest BCUT2D eigenvalue weighted by atomic mass is 10.1. The number of benzene rings is 2. The molecule has 0 aliphatic carbocycles. The number of carbonyl (C=O) groups excluding carboxylic acids is 1. The fourth-order valence-electron chi connectivity index (χ4n) is 2.01. The number of halogens is 1. The first-order valence-corrected chi connectivity index (χ1v) is 6.34. The zero-order chi connectivity index (χ0) is 14.7. The Labute approximate surface area is 117 Å². The van der Waals surface area contributed by atoms with Crippen molar-refractivity contribution in [1.82, 2.24) is 4.90 Å². The van der Waals surface area contributed by atoms with Gasteiger partial charge in [0.1, 0.15) is 5.82 Å². The second-order valence-electron chi connectivity index (χ2n) is 4.84. The van der Waals surface area contributed by atoms with E-state index in [1.807, 2.05) is 25.1 Å². The molecular formula is C16H17FN2O. The van der Waals surface area contributed by atoms with Gasteiger partial charge in [0.15, 0.2) is 0 Å². The van der Waals surface area contributed by atoms with E-state index < -0.39 is 5.82 Å². The monoisotopic (exact) mass is 272 g/mol. The summed E-state index contributed by atoms with van der Waals surface area (Å²) in [6.45, 7) is 2.17. The van der Waals surface area contributed by atoms with Crippen LogP contribution in [0.2, 0.25) is 0 Å². The summed E-state index contributed by atoms with van der Waals surface area (Å²) in [5, 5.41) is 0. The number of nitrogens with zero attached hydrogens (tertiary/aromatic N) is 1. The van der Waals surface area contributed by atoms with Crippen LogP contribution in [0.25, 0.3) is 0 Å². The first-order chi connectivity index (χ1) is 9.49. The largest absolute Gasteiger partial charge is 0.398 e. The number of aryl methyl sites for hydroxylation is 1. The van der Waals surface area contributed by atoms with Gasteiger partial charge in [0.05, 0.1) is 5.56 Å². The van der Waals surface area contributed by atoms with Gasteiger partial charge in [-0.25, -0.2) is 4.39 Å². The average molecular weight is 272 g/mol. The molecule has 0 heterocycles. The lowest BCUT2D eigenvalue weighted by Gasteiger charge is -2.19. The number of hydrogen-bond acceptors (Lipinski definition) is 2. The highest BCUT2D eigenvalue weighted by Gasteiger charge is 2.17. The van der Waals surface area contributed by atoms with Crippen molar-refractivity contribution >= 4 is 11.6 Å². The highest BCUT2D eigenvalue weighted by molar-refractivity contribution is 5.94. The molecule has 0 aromatic heterocycles. The minimum absolute atomic E-state index is 0.0852. The maximum Gasteiger partial charge on any atom is 0.256 e. The summed E-state index contributed by atoms with van der Waals surface area (Å²) >= 11 is 0. The molecule has 0 radical (unpaired) electrons. The molecule has 2 rings (SSSR count). The van der Waals surface area contributed by atoms with Gasteiger partial charge in [-0.2, -0.15) is 0 Å². The molecule has 2 N–H and O–H groups in total. The zero-order valence-corrected chi connectivity index (χ0v) is 11.6. The smallest absolute Gasteiger partial charge is 0.256 e. The van der Waals surface area contributed by atoms with Crippen LogP contribution in [0, 0.1) is 12.7 Å². The van der Waals surface area contributed by atoms with Gasteiger partial charge in [-0.3, -0.25) is 4.79 Å². The number of nitrogens with two attached hydrogens (primary N) is 1. The standard InChI is InChI=1S/C16H17FN2O/c1-11-7-8-14(17)13(9-11)16(20)19(2)10-12-5-3-4-6-15(12)18/h3-9H,10,18H2,1-2H3. The van der Waals surface area contributed by atoms with Gasteiger partial charge in [0, 0.05) is 19.3 Å². The minimum atomic E-state index is -0.506. The van der Waals surface area contributed by atoms with Crippen LogP contribution in [0.15, 0.2) is 42.5 Å². The fraction of sp³-hybridized carbons (Fsp3) is 0.188. The predicted octanol–water partition coefficient (Wildman–Crippen LogP) is 2.99. The summed E-state index contributed by atoms with van der Waals surface area (Å²) < 4.78 is 13.7. The Balaban J connectivity index is 2.21. The third-order valence-corrected chi connectivity index (χ3v) is 3.16. The first-order valence-electron chi connectivity index (χ1n) is 6.34. The van der Waals surface area contributed by atoms with E-state index in [9.17, 15) is 9.18 Å². The van der Waals surface area contributed by atoms with Crippen LogP contribution in [-0.4, -0.2) is 17.9 Å². The average Bonchev–Trinajstić information content (AvgIpc) is 2.43. The molecule has 0 aliphatic heterocycles. The van der Waals surface area contributed by atoms with Crippen LogP contribution in [0.1, 0.15) is 21.5 Å². The van der Waals surface area contributed by atoms with Crippen molar-refractivity contribution in [3.63, 3.8) is 0 Å². The van der Waals surface area contributed by atoms with Crippen LogP contribution >= 0.6 is 0 Å². The van der Waals surface area contributed by atoms with Gasteiger partial charge in [0.25, 0.3) is 5.91 Å². The summed E-state index contributed by atoms with van der Waals surface area (Å²) in [6.07, 6.45) is 0. The molecular weight excluding hydrogens is 255 g/mol. The van der Waals surface area contributed by atoms with E-state index in [1.54, 1.807) is 25.2 Å². The number of carbonyl (C=O) groups is 1. The van der Waals surface area contributed by atoms with E-state index in [1.165, 1.54) is 11.0 Å². The van der Waals surface area contributed by atoms with Gasteiger partial charge >= 0.3 is 0 Å². The Hall–Kier alpha value is -2.36. The maximum atomic E-state index is 13.7. The molecule has 0 saturated carbocycles. The molecule has 0 unspecified atom stereocenters. The molecule has 20 heavy (non-hydrogen) atoms. The summed E-state index contributed by atoms with van der Waals surface area (Å²) in [4.78, 5) is 13.7. The van der Waals surface area contributed by atoms with Gasteiger partial charge in [0.2, 0.25) is 0 Å². The summed E-state index contributed by atoms with van der Waals surface area (Å²) in [6, 6.07) is 11.8. The summed E-state index contributed by atoms with van der Waals surface area (Å²) in [5.74, 6) is -0.858. The molecule has 0 bridgehead atoms. The SMILES string of the molecule is Cc1ccc(F)c(C(=O)N(C)Cc2ccccc2N)c1. The van der Waals surface area contributed by atoms with E-state index in [-0.39, 0.29) is 11.5 Å². The van der Waals surface area contributed by atoms with Crippen molar-refractivity contribution in [3.05, 3.63) is 65.0 Å². The van der Waals surface area contributed by atoms with Crippen molar-refractivity contribution in [1.29, 1.82) is 0 Å².